The molecule has 1 heterocycles. The van der Waals surface area contributed by atoms with Crippen molar-refractivity contribution in [2.24, 2.45) is 5.41 Å². The maximum absolute atomic E-state index is 11.3. The number of nitrogens with zero attached hydrogens (tertiary/aromatic N) is 1. The van der Waals surface area contributed by atoms with Gasteiger partial charge >= 0.3 is 5.97 Å². The molecule has 0 atom stereocenters. The van der Waals surface area contributed by atoms with Crippen LogP contribution in [0.2, 0.25) is 0 Å². The summed E-state index contributed by atoms with van der Waals surface area (Å²) >= 11 is 0. The third-order valence-corrected chi connectivity index (χ3v) is 5.47. The lowest BCUT2D eigenvalue weighted by atomic mass is 9.68. The molecule has 1 aromatic carbocycles. The molecular formula is C18H25NO2. The van der Waals surface area contributed by atoms with Crippen molar-refractivity contribution in [1.82, 2.24) is 4.90 Å². The maximum atomic E-state index is 11.3. The molecule has 0 bridgehead atoms. The van der Waals surface area contributed by atoms with Gasteiger partial charge in [-0.2, -0.15) is 0 Å². The average molecular weight is 287 g/mol. The molecule has 2 aliphatic rings. The van der Waals surface area contributed by atoms with Crippen molar-refractivity contribution in [1.29, 1.82) is 0 Å². The van der Waals surface area contributed by atoms with Crippen LogP contribution in [-0.4, -0.2) is 29.1 Å². The Bertz CT molecular complexity index is 496. The Labute approximate surface area is 127 Å². The van der Waals surface area contributed by atoms with E-state index in [1.807, 2.05) is 12.1 Å². The number of carboxylic acid groups (broad SMARTS) is 1. The van der Waals surface area contributed by atoms with Gasteiger partial charge in [0.05, 0.1) is 5.56 Å². The first-order chi connectivity index (χ1) is 10.2. The number of hydrogen-bond acceptors (Lipinski definition) is 2. The number of rotatable bonds is 3. The largest absolute Gasteiger partial charge is 0.478 e. The molecule has 1 saturated heterocycles. The van der Waals surface area contributed by atoms with Gasteiger partial charge < -0.3 is 5.11 Å². The SMILES string of the molecule is O=C(O)c1ccccc1CN1CCC2(CCCCC2)CC1. The lowest BCUT2D eigenvalue weighted by molar-refractivity contribution is 0.0624. The van der Waals surface area contributed by atoms with E-state index >= 15 is 0 Å². The van der Waals surface area contributed by atoms with Crippen LogP contribution in [0.25, 0.3) is 0 Å². The molecule has 2 fully saturated rings. The van der Waals surface area contributed by atoms with Crippen LogP contribution in [0, 0.1) is 5.41 Å². The Morgan fingerprint density at radius 1 is 1.05 bits per heavy atom. The second-order valence-electron chi connectivity index (χ2n) is 6.80. The van der Waals surface area contributed by atoms with Gasteiger partial charge in [0.25, 0.3) is 0 Å². The van der Waals surface area contributed by atoms with Crippen molar-refractivity contribution >= 4 is 5.97 Å². The third kappa shape index (κ3) is 3.29. The molecule has 0 unspecified atom stereocenters. The summed E-state index contributed by atoms with van der Waals surface area (Å²) in [4.78, 5) is 13.7. The normalized spacial score (nSPS) is 22.3. The van der Waals surface area contributed by atoms with Crippen LogP contribution in [0.1, 0.15) is 60.9 Å². The Morgan fingerprint density at radius 2 is 1.71 bits per heavy atom. The monoisotopic (exact) mass is 287 g/mol. The van der Waals surface area contributed by atoms with E-state index in [1.165, 1.54) is 44.9 Å². The lowest BCUT2D eigenvalue weighted by Gasteiger charge is -2.44. The van der Waals surface area contributed by atoms with Crippen molar-refractivity contribution in [2.75, 3.05) is 13.1 Å². The standard InChI is InChI=1S/C18H25NO2/c20-17(21)16-7-3-2-6-15(16)14-19-12-10-18(11-13-19)8-4-1-5-9-18/h2-3,6-7H,1,4-5,8-14H2,(H,20,21). The molecule has 1 aliphatic carbocycles. The molecular weight excluding hydrogens is 262 g/mol. The molecule has 3 rings (SSSR count). The average Bonchev–Trinajstić information content (AvgIpc) is 2.51. The fraction of sp³-hybridized carbons (Fsp3) is 0.611. The lowest BCUT2D eigenvalue weighted by Crippen LogP contribution is -2.40. The minimum absolute atomic E-state index is 0.454. The minimum Gasteiger partial charge on any atom is -0.478 e. The van der Waals surface area contributed by atoms with Gasteiger partial charge in [0, 0.05) is 6.54 Å². The van der Waals surface area contributed by atoms with Crippen LogP contribution in [0.3, 0.4) is 0 Å². The molecule has 114 valence electrons. The highest BCUT2D eigenvalue weighted by Gasteiger charge is 2.35. The summed E-state index contributed by atoms with van der Waals surface area (Å²) in [6.07, 6.45) is 9.63. The van der Waals surface area contributed by atoms with E-state index in [1.54, 1.807) is 12.1 Å². The summed E-state index contributed by atoms with van der Waals surface area (Å²) in [5.41, 5.74) is 2.01. The van der Waals surface area contributed by atoms with Crippen molar-refractivity contribution in [2.45, 2.75) is 51.5 Å². The van der Waals surface area contributed by atoms with Crippen molar-refractivity contribution < 1.29 is 9.90 Å². The summed E-state index contributed by atoms with van der Waals surface area (Å²) in [6.45, 7) is 3.01. The Balaban J connectivity index is 1.62. The van der Waals surface area contributed by atoms with Crippen molar-refractivity contribution in [3.05, 3.63) is 35.4 Å². The van der Waals surface area contributed by atoms with Gasteiger partial charge in [0.2, 0.25) is 0 Å². The van der Waals surface area contributed by atoms with Crippen LogP contribution >= 0.6 is 0 Å². The fourth-order valence-electron chi connectivity index (χ4n) is 4.09. The van der Waals surface area contributed by atoms with Gasteiger partial charge in [-0.05, 0) is 55.8 Å². The van der Waals surface area contributed by atoms with Gasteiger partial charge in [0.1, 0.15) is 0 Å². The molecule has 1 aromatic rings. The first-order valence-corrected chi connectivity index (χ1v) is 8.22. The molecule has 21 heavy (non-hydrogen) atoms. The molecule has 0 aromatic heterocycles. The molecule has 3 nitrogen and oxygen atoms in total. The van der Waals surface area contributed by atoms with Crippen LogP contribution < -0.4 is 0 Å². The van der Waals surface area contributed by atoms with E-state index in [0.29, 0.717) is 11.0 Å². The predicted molar refractivity (Wildman–Crippen MR) is 83.4 cm³/mol. The van der Waals surface area contributed by atoms with Crippen LogP contribution in [0.5, 0.6) is 0 Å². The Kier molecular flexibility index (Phi) is 4.29. The predicted octanol–water partition coefficient (Wildman–Crippen LogP) is 3.93. The summed E-state index contributed by atoms with van der Waals surface area (Å²) < 4.78 is 0. The third-order valence-electron chi connectivity index (χ3n) is 5.47. The number of benzene rings is 1. The molecule has 0 radical (unpaired) electrons. The highest BCUT2D eigenvalue weighted by atomic mass is 16.4. The topological polar surface area (TPSA) is 40.5 Å². The van der Waals surface area contributed by atoms with Gasteiger partial charge in [-0.15, -0.1) is 0 Å². The zero-order valence-corrected chi connectivity index (χ0v) is 12.7. The smallest absolute Gasteiger partial charge is 0.336 e. The van der Waals surface area contributed by atoms with Crippen molar-refractivity contribution in [3.8, 4) is 0 Å². The van der Waals surface area contributed by atoms with Gasteiger partial charge in [-0.25, -0.2) is 4.79 Å². The van der Waals surface area contributed by atoms with Crippen LogP contribution in [0.4, 0.5) is 0 Å². The minimum atomic E-state index is -0.814. The van der Waals surface area contributed by atoms with Gasteiger partial charge in [0.15, 0.2) is 0 Å². The summed E-state index contributed by atoms with van der Waals surface area (Å²) in [5.74, 6) is -0.814. The molecule has 0 amide bonds. The maximum Gasteiger partial charge on any atom is 0.336 e. The first-order valence-electron chi connectivity index (χ1n) is 8.22. The van der Waals surface area contributed by atoms with Crippen molar-refractivity contribution in [3.63, 3.8) is 0 Å². The summed E-state index contributed by atoms with van der Waals surface area (Å²) in [6, 6.07) is 7.41. The molecule has 1 saturated carbocycles. The van der Waals surface area contributed by atoms with Crippen LogP contribution in [-0.2, 0) is 6.54 Å². The number of carbonyl (C=O) groups is 1. The van der Waals surface area contributed by atoms with E-state index < -0.39 is 5.97 Å². The Morgan fingerprint density at radius 3 is 2.38 bits per heavy atom. The number of hydrogen-bond donors (Lipinski definition) is 1. The number of likely N-dealkylation sites (tertiary alicyclic amines) is 1. The van der Waals surface area contributed by atoms with E-state index in [2.05, 4.69) is 4.90 Å². The van der Waals surface area contributed by atoms with E-state index in [-0.39, 0.29) is 0 Å². The highest BCUT2D eigenvalue weighted by Crippen LogP contribution is 2.44. The number of carboxylic acids is 1. The summed E-state index contributed by atoms with van der Waals surface area (Å²) in [5, 5.41) is 9.28. The second kappa shape index (κ2) is 6.18. The summed E-state index contributed by atoms with van der Waals surface area (Å²) in [7, 11) is 0. The van der Waals surface area contributed by atoms with E-state index in [0.717, 1.165) is 25.2 Å². The first kappa shape index (κ1) is 14.6. The fourth-order valence-corrected chi connectivity index (χ4v) is 4.09. The highest BCUT2D eigenvalue weighted by molar-refractivity contribution is 5.89. The molecule has 3 heteroatoms. The zero-order chi connectivity index (χ0) is 14.7. The van der Waals surface area contributed by atoms with E-state index in [9.17, 15) is 9.90 Å². The van der Waals surface area contributed by atoms with E-state index in [4.69, 9.17) is 0 Å². The molecule has 1 spiro atoms. The van der Waals surface area contributed by atoms with Crippen LogP contribution in [0.15, 0.2) is 24.3 Å². The molecule has 1 N–H and O–H groups in total. The zero-order valence-electron chi connectivity index (χ0n) is 12.7. The number of piperidine rings is 1. The quantitative estimate of drug-likeness (QED) is 0.915. The molecule has 1 aliphatic heterocycles. The van der Waals surface area contributed by atoms with Gasteiger partial charge in [-0.1, -0.05) is 37.5 Å². The van der Waals surface area contributed by atoms with Gasteiger partial charge in [-0.3, -0.25) is 4.90 Å². The Hall–Kier alpha value is -1.35. The second-order valence-corrected chi connectivity index (χ2v) is 6.80. The number of aromatic carboxylic acids is 1.